The van der Waals surface area contributed by atoms with Gasteiger partial charge in [-0.3, -0.25) is 0 Å². The van der Waals surface area contributed by atoms with Gasteiger partial charge in [0, 0.05) is 13.1 Å². The molecule has 0 aromatic heterocycles. The maximum absolute atomic E-state index is 11.4. The molecule has 2 amide bonds. The molecule has 2 rings (SSSR count). The molecule has 0 unspecified atom stereocenters. The van der Waals surface area contributed by atoms with Gasteiger partial charge in [-0.25, -0.2) is 4.79 Å². The van der Waals surface area contributed by atoms with Crippen LogP contribution >= 0.6 is 0 Å². The van der Waals surface area contributed by atoms with E-state index in [9.17, 15) is 4.79 Å². The van der Waals surface area contributed by atoms with E-state index in [0.29, 0.717) is 6.54 Å². The van der Waals surface area contributed by atoms with E-state index < -0.39 is 0 Å². The molecule has 0 saturated carbocycles. The summed E-state index contributed by atoms with van der Waals surface area (Å²) in [6.45, 7) is 3.49. The van der Waals surface area contributed by atoms with Crippen LogP contribution in [0.5, 0.6) is 0 Å². The Labute approximate surface area is 115 Å². The molecule has 0 radical (unpaired) electrons. The van der Waals surface area contributed by atoms with Crippen LogP contribution in [-0.4, -0.2) is 19.1 Å². The lowest BCUT2D eigenvalue weighted by Crippen LogP contribution is -2.36. The molecule has 2 N–H and O–H groups in total. The summed E-state index contributed by atoms with van der Waals surface area (Å²) in [4.78, 5) is 11.4. The average Bonchev–Trinajstić information content (AvgIpc) is 2.45. The molecule has 1 aromatic rings. The van der Waals surface area contributed by atoms with E-state index in [1.165, 1.54) is 42.4 Å². The minimum absolute atomic E-state index is 0.0557. The van der Waals surface area contributed by atoms with Gasteiger partial charge >= 0.3 is 6.03 Å². The third-order valence-corrected chi connectivity index (χ3v) is 3.65. The second-order valence-electron chi connectivity index (χ2n) is 5.24. The highest BCUT2D eigenvalue weighted by atomic mass is 16.2. The second kappa shape index (κ2) is 7.17. The van der Waals surface area contributed by atoms with Gasteiger partial charge in [0.1, 0.15) is 0 Å². The number of carbonyl (C=O) groups is 1. The smallest absolute Gasteiger partial charge is 0.314 e. The summed E-state index contributed by atoms with van der Waals surface area (Å²) in [6, 6.07) is 6.73. The molecular weight excluding hydrogens is 236 g/mol. The third kappa shape index (κ3) is 4.27. The number of nitrogens with one attached hydrogen (secondary N) is 2. The molecular formula is C16H24N2O. The first-order valence-electron chi connectivity index (χ1n) is 7.42. The number of fused-ring (bicyclic) bond motifs is 1. The average molecular weight is 260 g/mol. The summed E-state index contributed by atoms with van der Waals surface area (Å²) in [7, 11) is 0. The van der Waals surface area contributed by atoms with E-state index in [1.807, 2.05) is 6.92 Å². The standard InChI is InChI=1S/C16H24N2O/c1-2-10-17-16(19)18-11-9-13-7-8-14-5-3-4-6-15(14)12-13/h7-8,12H,2-6,9-11H2,1H3,(H2,17,18,19). The zero-order valence-corrected chi connectivity index (χ0v) is 11.8. The summed E-state index contributed by atoms with van der Waals surface area (Å²) < 4.78 is 0. The first kappa shape index (κ1) is 13.9. The van der Waals surface area contributed by atoms with Gasteiger partial charge < -0.3 is 10.6 Å². The number of carbonyl (C=O) groups excluding carboxylic acids is 1. The summed E-state index contributed by atoms with van der Waals surface area (Å²) in [5.41, 5.74) is 4.36. The third-order valence-electron chi connectivity index (χ3n) is 3.65. The van der Waals surface area contributed by atoms with Gasteiger partial charge in [-0.1, -0.05) is 25.1 Å². The quantitative estimate of drug-likeness (QED) is 0.840. The molecule has 1 aliphatic rings. The highest BCUT2D eigenvalue weighted by molar-refractivity contribution is 5.73. The number of hydrogen-bond acceptors (Lipinski definition) is 1. The van der Waals surface area contributed by atoms with Crippen molar-refractivity contribution in [3.63, 3.8) is 0 Å². The first-order valence-corrected chi connectivity index (χ1v) is 7.42. The molecule has 0 heterocycles. The molecule has 19 heavy (non-hydrogen) atoms. The van der Waals surface area contributed by atoms with Crippen LogP contribution in [-0.2, 0) is 19.3 Å². The fourth-order valence-electron chi connectivity index (χ4n) is 2.56. The summed E-state index contributed by atoms with van der Waals surface area (Å²) in [5, 5.41) is 5.71. The van der Waals surface area contributed by atoms with E-state index >= 15 is 0 Å². The molecule has 3 nitrogen and oxygen atoms in total. The molecule has 0 aliphatic heterocycles. The fraction of sp³-hybridized carbons (Fsp3) is 0.562. The normalized spacial score (nSPS) is 13.7. The van der Waals surface area contributed by atoms with Gasteiger partial charge in [0.25, 0.3) is 0 Å². The first-order chi connectivity index (χ1) is 9.29. The van der Waals surface area contributed by atoms with Crippen LogP contribution in [0.4, 0.5) is 4.79 Å². The Morgan fingerprint density at radius 1 is 1.11 bits per heavy atom. The zero-order valence-electron chi connectivity index (χ0n) is 11.8. The van der Waals surface area contributed by atoms with Crippen LogP contribution in [0.1, 0.15) is 42.9 Å². The Balaban J connectivity index is 1.78. The lowest BCUT2D eigenvalue weighted by molar-refractivity contribution is 0.241. The van der Waals surface area contributed by atoms with Crippen LogP contribution in [0.15, 0.2) is 18.2 Å². The van der Waals surface area contributed by atoms with Crippen molar-refractivity contribution < 1.29 is 4.79 Å². The van der Waals surface area contributed by atoms with Gasteiger partial charge in [0.2, 0.25) is 0 Å². The largest absolute Gasteiger partial charge is 0.338 e. The lowest BCUT2D eigenvalue weighted by atomic mass is 9.90. The highest BCUT2D eigenvalue weighted by Gasteiger charge is 2.09. The van der Waals surface area contributed by atoms with Crippen molar-refractivity contribution in [1.82, 2.24) is 10.6 Å². The van der Waals surface area contributed by atoms with Gasteiger partial charge in [-0.15, -0.1) is 0 Å². The van der Waals surface area contributed by atoms with Crippen molar-refractivity contribution >= 4 is 6.03 Å². The maximum atomic E-state index is 11.4. The number of aryl methyl sites for hydroxylation is 2. The van der Waals surface area contributed by atoms with E-state index in [4.69, 9.17) is 0 Å². The van der Waals surface area contributed by atoms with E-state index in [-0.39, 0.29) is 6.03 Å². The minimum Gasteiger partial charge on any atom is -0.338 e. The molecule has 0 spiro atoms. The van der Waals surface area contributed by atoms with Crippen LogP contribution < -0.4 is 10.6 Å². The predicted octanol–water partition coefficient (Wildman–Crippen LogP) is 2.82. The number of urea groups is 1. The summed E-state index contributed by atoms with van der Waals surface area (Å²) in [5.74, 6) is 0. The zero-order chi connectivity index (χ0) is 13.5. The van der Waals surface area contributed by atoms with Gasteiger partial charge in [0.15, 0.2) is 0 Å². The predicted molar refractivity (Wildman–Crippen MR) is 78.5 cm³/mol. The topological polar surface area (TPSA) is 41.1 Å². The molecule has 3 heteroatoms. The van der Waals surface area contributed by atoms with Crippen molar-refractivity contribution in [2.24, 2.45) is 0 Å². The number of amides is 2. The van der Waals surface area contributed by atoms with Crippen molar-refractivity contribution in [2.45, 2.75) is 45.4 Å². The van der Waals surface area contributed by atoms with Crippen LogP contribution in [0.3, 0.4) is 0 Å². The number of hydrogen-bond donors (Lipinski definition) is 2. The number of benzene rings is 1. The Morgan fingerprint density at radius 2 is 1.84 bits per heavy atom. The SMILES string of the molecule is CCCNC(=O)NCCc1ccc2c(c1)CCCC2. The summed E-state index contributed by atoms with van der Waals surface area (Å²) in [6.07, 6.45) is 6.96. The monoisotopic (exact) mass is 260 g/mol. The van der Waals surface area contributed by atoms with Gasteiger partial charge in [0.05, 0.1) is 0 Å². The van der Waals surface area contributed by atoms with Crippen molar-refractivity contribution in [3.05, 3.63) is 34.9 Å². The van der Waals surface area contributed by atoms with Crippen molar-refractivity contribution in [1.29, 1.82) is 0 Å². The second-order valence-corrected chi connectivity index (χ2v) is 5.24. The van der Waals surface area contributed by atoms with Crippen LogP contribution in [0.2, 0.25) is 0 Å². The Morgan fingerprint density at radius 3 is 2.63 bits per heavy atom. The van der Waals surface area contributed by atoms with Crippen LogP contribution in [0.25, 0.3) is 0 Å². The highest BCUT2D eigenvalue weighted by Crippen LogP contribution is 2.22. The number of rotatable bonds is 5. The van der Waals surface area contributed by atoms with E-state index in [1.54, 1.807) is 0 Å². The molecule has 1 aliphatic carbocycles. The van der Waals surface area contributed by atoms with Crippen molar-refractivity contribution in [2.75, 3.05) is 13.1 Å². The van der Waals surface area contributed by atoms with E-state index in [0.717, 1.165) is 19.4 Å². The van der Waals surface area contributed by atoms with E-state index in [2.05, 4.69) is 28.8 Å². The van der Waals surface area contributed by atoms with Gasteiger partial charge in [-0.2, -0.15) is 0 Å². The Bertz CT molecular complexity index is 429. The Hall–Kier alpha value is -1.51. The molecule has 104 valence electrons. The molecule has 1 aromatic carbocycles. The molecule has 0 saturated heterocycles. The molecule has 0 bridgehead atoms. The molecule has 0 atom stereocenters. The lowest BCUT2D eigenvalue weighted by Gasteiger charge is -2.16. The van der Waals surface area contributed by atoms with Crippen molar-refractivity contribution in [3.8, 4) is 0 Å². The van der Waals surface area contributed by atoms with Gasteiger partial charge in [-0.05, 0) is 55.2 Å². The summed E-state index contributed by atoms with van der Waals surface area (Å²) >= 11 is 0. The minimum atomic E-state index is -0.0557. The maximum Gasteiger partial charge on any atom is 0.314 e. The fourth-order valence-corrected chi connectivity index (χ4v) is 2.56. The Kier molecular flexibility index (Phi) is 5.25. The van der Waals surface area contributed by atoms with Crippen LogP contribution in [0, 0.1) is 0 Å². The molecule has 0 fully saturated rings.